The number of imide groups is 1. The lowest BCUT2D eigenvalue weighted by atomic mass is 10.1. The zero-order valence-electron chi connectivity index (χ0n) is 19.6. The highest BCUT2D eigenvalue weighted by Crippen LogP contribution is 2.45. The van der Waals surface area contributed by atoms with Crippen molar-refractivity contribution in [3.8, 4) is 5.75 Å². The fourth-order valence-electron chi connectivity index (χ4n) is 4.92. The molecule has 3 aliphatic heterocycles. The Labute approximate surface area is 220 Å². The molecule has 3 amide bonds. The van der Waals surface area contributed by atoms with E-state index in [2.05, 4.69) is 10.3 Å². The molecule has 0 aliphatic carbocycles. The molecule has 1 aromatic heterocycles. The summed E-state index contributed by atoms with van der Waals surface area (Å²) in [4.78, 5) is 34.6. The Morgan fingerprint density at radius 3 is 2.78 bits per heavy atom. The number of halogens is 3. The number of rotatable bonds is 4. The highest BCUT2D eigenvalue weighted by Gasteiger charge is 2.46. The molecule has 2 saturated heterocycles. The van der Waals surface area contributed by atoms with E-state index in [0.29, 0.717) is 38.5 Å². The summed E-state index contributed by atoms with van der Waals surface area (Å²) in [6.45, 7) is -0.145. The van der Waals surface area contributed by atoms with Crippen LogP contribution in [0.15, 0.2) is 54.9 Å². The number of aromatic nitrogens is 1. The SMILES string of the molecule is COc1ccc(Cl)c(C2=CC3NC(=O)N(c4cncc5ccc(N6CCC(F)(F)C6)cc45)C(=O)C3S2)c1. The van der Waals surface area contributed by atoms with Crippen molar-refractivity contribution in [3.05, 3.63) is 65.5 Å². The molecule has 190 valence electrons. The van der Waals surface area contributed by atoms with E-state index < -0.39 is 29.2 Å². The molecule has 7 nitrogen and oxygen atoms in total. The number of benzene rings is 2. The van der Waals surface area contributed by atoms with Crippen LogP contribution in [0.1, 0.15) is 12.0 Å². The number of fused-ring (bicyclic) bond motifs is 2. The van der Waals surface area contributed by atoms with E-state index in [9.17, 15) is 18.4 Å². The van der Waals surface area contributed by atoms with Crippen LogP contribution in [0.4, 0.5) is 25.0 Å². The van der Waals surface area contributed by atoms with Gasteiger partial charge in [0.15, 0.2) is 0 Å². The van der Waals surface area contributed by atoms with Crippen molar-refractivity contribution in [1.82, 2.24) is 10.3 Å². The number of pyridine rings is 1. The maximum atomic E-state index is 13.8. The van der Waals surface area contributed by atoms with Gasteiger partial charge in [0, 0.05) is 51.1 Å². The van der Waals surface area contributed by atoms with Gasteiger partial charge >= 0.3 is 6.03 Å². The number of hydrogen-bond donors (Lipinski definition) is 1. The average Bonchev–Trinajstić information content (AvgIpc) is 3.47. The molecular formula is C26H21ClF2N4O3S. The molecule has 6 rings (SSSR count). The average molecular weight is 543 g/mol. The summed E-state index contributed by atoms with van der Waals surface area (Å²) in [5.74, 6) is -2.51. The lowest BCUT2D eigenvalue weighted by molar-refractivity contribution is -0.118. The number of anilines is 2. The second-order valence-electron chi connectivity index (χ2n) is 9.16. The molecule has 37 heavy (non-hydrogen) atoms. The van der Waals surface area contributed by atoms with E-state index in [1.807, 2.05) is 6.08 Å². The smallest absolute Gasteiger partial charge is 0.329 e. The maximum absolute atomic E-state index is 13.8. The highest BCUT2D eigenvalue weighted by molar-refractivity contribution is 8.09. The lowest BCUT2D eigenvalue weighted by Crippen LogP contribution is -2.60. The normalized spacial score (nSPS) is 22.8. The Kier molecular flexibility index (Phi) is 5.76. The van der Waals surface area contributed by atoms with Gasteiger partial charge in [0.05, 0.1) is 31.6 Å². The maximum Gasteiger partial charge on any atom is 0.329 e. The predicted octanol–water partition coefficient (Wildman–Crippen LogP) is 5.32. The van der Waals surface area contributed by atoms with Crippen LogP contribution >= 0.6 is 23.4 Å². The zero-order valence-corrected chi connectivity index (χ0v) is 21.2. The number of ether oxygens (including phenoxy) is 1. The molecule has 0 radical (unpaired) electrons. The lowest BCUT2D eigenvalue weighted by Gasteiger charge is -2.33. The summed E-state index contributed by atoms with van der Waals surface area (Å²) in [5, 5.41) is 4.08. The molecule has 3 aliphatic rings. The highest BCUT2D eigenvalue weighted by atomic mass is 35.5. The summed E-state index contributed by atoms with van der Waals surface area (Å²) in [6.07, 6.45) is 4.69. The summed E-state index contributed by atoms with van der Waals surface area (Å²) < 4.78 is 33.0. The van der Waals surface area contributed by atoms with Crippen LogP contribution in [-0.2, 0) is 4.79 Å². The van der Waals surface area contributed by atoms with Gasteiger partial charge in [0.2, 0.25) is 0 Å². The first-order valence-electron chi connectivity index (χ1n) is 11.6. The standard InChI is InChI=1S/C26H21ClF2N4O3S/c1-36-16-4-5-19(27)18(9-16)22-10-20-23(37-22)24(34)33(25(35)31-20)21-12-30-11-14-2-3-15(8-17(14)21)32-7-6-26(28,29)13-32/h2-5,8-12,20,23H,6-7,13H2,1H3,(H,31,35). The van der Waals surface area contributed by atoms with Crippen LogP contribution in [0.5, 0.6) is 5.75 Å². The molecule has 0 bridgehead atoms. The first-order chi connectivity index (χ1) is 17.7. The van der Waals surface area contributed by atoms with Crippen LogP contribution in [0.25, 0.3) is 15.7 Å². The van der Waals surface area contributed by atoms with Crippen molar-refractivity contribution in [2.24, 2.45) is 0 Å². The number of amides is 3. The summed E-state index contributed by atoms with van der Waals surface area (Å²) in [5.41, 5.74) is 1.62. The van der Waals surface area contributed by atoms with Gasteiger partial charge in [-0.3, -0.25) is 9.78 Å². The number of urea groups is 1. The number of carbonyl (C=O) groups excluding carboxylic acids is 2. The third kappa shape index (κ3) is 4.18. The number of thioether (sulfide) groups is 1. The van der Waals surface area contributed by atoms with Gasteiger partial charge in [-0.1, -0.05) is 17.7 Å². The molecule has 2 fully saturated rings. The molecule has 1 N–H and O–H groups in total. The van der Waals surface area contributed by atoms with Crippen LogP contribution in [0.3, 0.4) is 0 Å². The molecule has 0 saturated carbocycles. The van der Waals surface area contributed by atoms with Crippen molar-refractivity contribution in [2.45, 2.75) is 23.6 Å². The van der Waals surface area contributed by atoms with Crippen molar-refractivity contribution in [1.29, 1.82) is 0 Å². The van der Waals surface area contributed by atoms with E-state index in [1.165, 1.54) is 18.0 Å². The van der Waals surface area contributed by atoms with Gasteiger partial charge in [0.25, 0.3) is 11.8 Å². The topological polar surface area (TPSA) is 74.8 Å². The summed E-state index contributed by atoms with van der Waals surface area (Å²) >= 11 is 7.74. The van der Waals surface area contributed by atoms with Crippen molar-refractivity contribution in [2.75, 3.05) is 30.0 Å². The largest absolute Gasteiger partial charge is 0.497 e. The molecule has 3 aromatic rings. The van der Waals surface area contributed by atoms with E-state index >= 15 is 0 Å². The zero-order chi connectivity index (χ0) is 25.9. The van der Waals surface area contributed by atoms with Gasteiger partial charge in [-0.05, 0) is 36.4 Å². The van der Waals surface area contributed by atoms with Gasteiger partial charge in [0.1, 0.15) is 11.0 Å². The first-order valence-corrected chi connectivity index (χ1v) is 12.9. The van der Waals surface area contributed by atoms with Crippen molar-refractivity contribution in [3.63, 3.8) is 0 Å². The fraction of sp³-hybridized carbons (Fsp3) is 0.269. The van der Waals surface area contributed by atoms with Crippen LogP contribution in [0.2, 0.25) is 5.02 Å². The Morgan fingerprint density at radius 2 is 2.03 bits per heavy atom. The van der Waals surface area contributed by atoms with E-state index in [0.717, 1.165) is 9.81 Å². The van der Waals surface area contributed by atoms with Crippen LogP contribution in [0, 0.1) is 0 Å². The quantitative estimate of drug-likeness (QED) is 0.481. The van der Waals surface area contributed by atoms with Crippen LogP contribution in [-0.4, -0.2) is 54.3 Å². The molecule has 0 spiro atoms. The second kappa shape index (κ2) is 8.88. The van der Waals surface area contributed by atoms with Gasteiger partial charge in [-0.2, -0.15) is 0 Å². The number of alkyl halides is 2. The molecule has 2 aromatic carbocycles. The fourth-order valence-corrected chi connectivity index (χ4v) is 6.49. The summed E-state index contributed by atoms with van der Waals surface area (Å²) in [7, 11) is 1.56. The molecule has 4 heterocycles. The number of nitrogens with one attached hydrogen (secondary N) is 1. The third-order valence-corrected chi connectivity index (χ3v) is 8.49. The Morgan fingerprint density at radius 1 is 1.19 bits per heavy atom. The third-order valence-electron chi connectivity index (χ3n) is 6.81. The number of carbonyl (C=O) groups is 2. The predicted molar refractivity (Wildman–Crippen MR) is 141 cm³/mol. The van der Waals surface area contributed by atoms with E-state index in [1.54, 1.807) is 54.6 Å². The molecule has 2 unspecified atom stereocenters. The molecule has 2 atom stereocenters. The number of nitrogens with zero attached hydrogens (tertiary/aromatic N) is 3. The minimum Gasteiger partial charge on any atom is -0.497 e. The number of hydrogen-bond acceptors (Lipinski definition) is 6. The van der Waals surface area contributed by atoms with Gasteiger partial charge < -0.3 is 15.0 Å². The molecule has 11 heteroatoms. The Hall–Kier alpha value is -3.37. The molecular weight excluding hydrogens is 522 g/mol. The van der Waals surface area contributed by atoms with Crippen molar-refractivity contribution < 1.29 is 23.1 Å². The minimum atomic E-state index is -2.75. The second-order valence-corrected chi connectivity index (χ2v) is 10.7. The van der Waals surface area contributed by atoms with Crippen LogP contribution < -0.4 is 19.9 Å². The van der Waals surface area contributed by atoms with Gasteiger partial charge in [-0.25, -0.2) is 18.5 Å². The monoisotopic (exact) mass is 542 g/mol. The van der Waals surface area contributed by atoms with Gasteiger partial charge in [-0.15, -0.1) is 11.8 Å². The van der Waals surface area contributed by atoms with E-state index in [4.69, 9.17) is 16.3 Å². The number of methoxy groups -OCH3 is 1. The van der Waals surface area contributed by atoms with Crippen molar-refractivity contribution >= 4 is 62.4 Å². The summed E-state index contributed by atoms with van der Waals surface area (Å²) in [6, 6.07) is 9.44. The first kappa shape index (κ1) is 24.0. The van der Waals surface area contributed by atoms with E-state index in [-0.39, 0.29) is 19.5 Å². The Bertz CT molecular complexity index is 1480. The minimum absolute atomic E-state index is 0.214. The Balaban J connectivity index is 1.33.